The molecule has 1 aliphatic carbocycles. The Balaban J connectivity index is 2.15. The molecule has 4 nitrogen and oxygen atoms in total. The first-order valence-electron chi connectivity index (χ1n) is 7.17. The van der Waals surface area contributed by atoms with Crippen LogP contribution in [0.5, 0.6) is 5.75 Å². The van der Waals surface area contributed by atoms with E-state index in [-0.39, 0.29) is 5.97 Å². The van der Waals surface area contributed by atoms with Gasteiger partial charge in [-0.05, 0) is 38.3 Å². The zero-order valence-corrected chi connectivity index (χ0v) is 12.4. The molecular weight excluding hydrogens is 254 g/mol. The fourth-order valence-corrected chi connectivity index (χ4v) is 2.39. The smallest absolute Gasteiger partial charge is 0.331 e. The Morgan fingerprint density at radius 3 is 2.80 bits per heavy atom. The summed E-state index contributed by atoms with van der Waals surface area (Å²) in [5.74, 6) is 1.21. The number of hydrogen-bond donors (Lipinski definition) is 1. The molecule has 0 bridgehead atoms. The standard InChI is InChI=1S/C16H23NO3/c1-4-20-15(18)16(2,11-12-8-9-12)17-13-6-5-7-14(10-13)19-3/h5-7,10,12,17H,4,8-9,11H2,1-3H3. The molecule has 0 aliphatic heterocycles. The number of carbonyl (C=O) groups excluding carboxylic acids is 1. The third-order valence-corrected chi connectivity index (χ3v) is 3.61. The maximum atomic E-state index is 12.3. The minimum absolute atomic E-state index is 0.185. The van der Waals surface area contributed by atoms with Crippen LogP contribution in [0.15, 0.2) is 24.3 Å². The lowest BCUT2D eigenvalue weighted by molar-refractivity contribution is -0.148. The Morgan fingerprint density at radius 1 is 1.45 bits per heavy atom. The molecule has 1 saturated carbocycles. The van der Waals surface area contributed by atoms with Gasteiger partial charge in [-0.25, -0.2) is 4.79 Å². The van der Waals surface area contributed by atoms with Crippen molar-refractivity contribution in [2.75, 3.05) is 19.0 Å². The van der Waals surface area contributed by atoms with E-state index in [0.29, 0.717) is 12.5 Å². The molecule has 2 rings (SSSR count). The Labute approximate surface area is 120 Å². The minimum Gasteiger partial charge on any atom is -0.497 e. The van der Waals surface area contributed by atoms with Crippen LogP contribution in [0, 0.1) is 5.92 Å². The second kappa shape index (κ2) is 6.16. The van der Waals surface area contributed by atoms with Gasteiger partial charge in [-0.2, -0.15) is 0 Å². The van der Waals surface area contributed by atoms with Crippen LogP contribution in [0.4, 0.5) is 5.69 Å². The molecule has 0 radical (unpaired) electrons. The molecule has 110 valence electrons. The molecule has 1 aromatic rings. The fourth-order valence-electron chi connectivity index (χ4n) is 2.39. The highest BCUT2D eigenvalue weighted by Gasteiger charge is 2.40. The summed E-state index contributed by atoms with van der Waals surface area (Å²) >= 11 is 0. The SMILES string of the molecule is CCOC(=O)C(C)(CC1CC1)Nc1cccc(OC)c1. The monoisotopic (exact) mass is 277 g/mol. The summed E-state index contributed by atoms with van der Waals surface area (Å²) in [5, 5.41) is 3.33. The lowest BCUT2D eigenvalue weighted by atomic mass is 9.94. The molecule has 4 heteroatoms. The largest absolute Gasteiger partial charge is 0.497 e. The Morgan fingerprint density at radius 2 is 2.20 bits per heavy atom. The van der Waals surface area contributed by atoms with Gasteiger partial charge in [0, 0.05) is 11.8 Å². The second-order valence-electron chi connectivity index (χ2n) is 5.56. The van der Waals surface area contributed by atoms with Crippen LogP contribution in [0.3, 0.4) is 0 Å². The van der Waals surface area contributed by atoms with Crippen LogP contribution < -0.4 is 10.1 Å². The first kappa shape index (κ1) is 14.7. The van der Waals surface area contributed by atoms with Gasteiger partial charge in [0.2, 0.25) is 0 Å². The van der Waals surface area contributed by atoms with E-state index in [9.17, 15) is 4.79 Å². The van der Waals surface area contributed by atoms with Crippen LogP contribution >= 0.6 is 0 Å². The Hall–Kier alpha value is -1.71. The maximum Gasteiger partial charge on any atom is 0.331 e. The van der Waals surface area contributed by atoms with Gasteiger partial charge in [0.15, 0.2) is 0 Å². The quantitative estimate of drug-likeness (QED) is 0.777. The molecule has 1 atom stereocenters. The molecule has 0 heterocycles. The predicted molar refractivity (Wildman–Crippen MR) is 79.0 cm³/mol. The zero-order valence-electron chi connectivity index (χ0n) is 12.4. The number of benzene rings is 1. The van der Waals surface area contributed by atoms with Crippen LogP contribution in [-0.2, 0) is 9.53 Å². The first-order valence-corrected chi connectivity index (χ1v) is 7.17. The summed E-state index contributed by atoms with van der Waals surface area (Å²) < 4.78 is 10.4. The lowest BCUT2D eigenvalue weighted by Gasteiger charge is -2.29. The third kappa shape index (κ3) is 3.65. The van der Waals surface area contributed by atoms with Crippen LogP contribution in [0.2, 0.25) is 0 Å². The van der Waals surface area contributed by atoms with Crippen molar-refractivity contribution in [2.45, 2.75) is 38.6 Å². The molecule has 0 saturated heterocycles. The van der Waals surface area contributed by atoms with Crippen molar-refractivity contribution in [3.63, 3.8) is 0 Å². The van der Waals surface area contributed by atoms with E-state index in [1.54, 1.807) is 7.11 Å². The lowest BCUT2D eigenvalue weighted by Crippen LogP contribution is -2.45. The minimum atomic E-state index is -0.677. The summed E-state index contributed by atoms with van der Waals surface area (Å²) in [6.45, 7) is 4.16. The average Bonchev–Trinajstić information content (AvgIpc) is 3.23. The van der Waals surface area contributed by atoms with E-state index in [0.717, 1.165) is 17.9 Å². The van der Waals surface area contributed by atoms with Gasteiger partial charge in [-0.3, -0.25) is 0 Å². The van der Waals surface area contributed by atoms with Gasteiger partial charge >= 0.3 is 5.97 Å². The van der Waals surface area contributed by atoms with Crippen molar-refractivity contribution < 1.29 is 14.3 Å². The molecule has 1 fully saturated rings. The maximum absolute atomic E-state index is 12.3. The van der Waals surface area contributed by atoms with Crippen molar-refractivity contribution in [2.24, 2.45) is 5.92 Å². The molecule has 0 aromatic heterocycles. The van der Waals surface area contributed by atoms with Crippen LogP contribution in [0.1, 0.15) is 33.1 Å². The Bertz CT molecular complexity index is 471. The van der Waals surface area contributed by atoms with Gasteiger partial charge < -0.3 is 14.8 Å². The molecule has 1 unspecified atom stereocenters. The third-order valence-electron chi connectivity index (χ3n) is 3.61. The van der Waals surface area contributed by atoms with Gasteiger partial charge in [0.05, 0.1) is 13.7 Å². The van der Waals surface area contributed by atoms with Gasteiger partial charge in [0.25, 0.3) is 0 Å². The van der Waals surface area contributed by atoms with Gasteiger partial charge in [0.1, 0.15) is 11.3 Å². The van der Waals surface area contributed by atoms with Crippen molar-refractivity contribution in [1.29, 1.82) is 0 Å². The number of nitrogens with one attached hydrogen (secondary N) is 1. The molecule has 1 aliphatic rings. The van der Waals surface area contributed by atoms with Gasteiger partial charge in [-0.1, -0.05) is 18.9 Å². The average molecular weight is 277 g/mol. The molecule has 0 spiro atoms. The van der Waals surface area contributed by atoms with Crippen molar-refractivity contribution in [1.82, 2.24) is 0 Å². The van der Waals surface area contributed by atoms with E-state index < -0.39 is 5.54 Å². The Kier molecular flexibility index (Phi) is 4.53. The van der Waals surface area contributed by atoms with Crippen molar-refractivity contribution in [3.8, 4) is 5.75 Å². The summed E-state index contributed by atoms with van der Waals surface area (Å²) in [6, 6.07) is 7.62. The number of ether oxygens (including phenoxy) is 2. The zero-order chi connectivity index (χ0) is 14.6. The predicted octanol–water partition coefficient (Wildman–Crippen LogP) is 3.23. The van der Waals surface area contributed by atoms with Crippen molar-refractivity contribution >= 4 is 11.7 Å². The van der Waals surface area contributed by atoms with E-state index in [1.165, 1.54) is 12.8 Å². The number of methoxy groups -OCH3 is 1. The number of rotatable bonds is 7. The summed E-state index contributed by atoms with van der Waals surface area (Å²) in [5.41, 5.74) is 0.198. The normalized spacial score (nSPS) is 17.1. The van der Waals surface area contributed by atoms with E-state index in [1.807, 2.05) is 38.1 Å². The van der Waals surface area contributed by atoms with E-state index in [2.05, 4.69) is 5.32 Å². The summed E-state index contributed by atoms with van der Waals surface area (Å²) in [7, 11) is 1.63. The fraction of sp³-hybridized carbons (Fsp3) is 0.562. The van der Waals surface area contributed by atoms with Crippen LogP contribution in [0.25, 0.3) is 0 Å². The molecule has 20 heavy (non-hydrogen) atoms. The summed E-state index contributed by atoms with van der Waals surface area (Å²) in [6.07, 6.45) is 3.21. The van der Waals surface area contributed by atoms with E-state index in [4.69, 9.17) is 9.47 Å². The molecule has 1 aromatic carbocycles. The number of esters is 1. The highest BCUT2D eigenvalue weighted by Crippen LogP contribution is 2.38. The topological polar surface area (TPSA) is 47.6 Å². The van der Waals surface area contributed by atoms with Gasteiger partial charge in [-0.15, -0.1) is 0 Å². The summed E-state index contributed by atoms with van der Waals surface area (Å²) in [4.78, 5) is 12.3. The first-order chi connectivity index (χ1) is 9.57. The second-order valence-corrected chi connectivity index (χ2v) is 5.56. The highest BCUT2D eigenvalue weighted by atomic mass is 16.5. The number of carbonyl (C=O) groups is 1. The van der Waals surface area contributed by atoms with Crippen LogP contribution in [-0.4, -0.2) is 25.2 Å². The number of anilines is 1. The highest BCUT2D eigenvalue weighted by molar-refractivity contribution is 5.84. The number of hydrogen-bond acceptors (Lipinski definition) is 4. The molecular formula is C16H23NO3. The van der Waals surface area contributed by atoms with E-state index >= 15 is 0 Å². The molecule has 1 N–H and O–H groups in total. The molecule has 0 amide bonds. The van der Waals surface area contributed by atoms with Crippen molar-refractivity contribution in [3.05, 3.63) is 24.3 Å².